The van der Waals surface area contributed by atoms with Gasteiger partial charge in [0.1, 0.15) is 11.3 Å². The van der Waals surface area contributed by atoms with E-state index < -0.39 is 0 Å². The second kappa shape index (κ2) is 9.71. The number of hydrogen-bond acceptors (Lipinski definition) is 7. The molecule has 1 unspecified atom stereocenters. The fourth-order valence-corrected chi connectivity index (χ4v) is 4.17. The number of rotatable bonds is 6. The molecular weight excluding hydrogens is 440 g/mol. The van der Waals surface area contributed by atoms with Crippen LogP contribution < -0.4 is 27.9 Å². The second-order valence-electron chi connectivity index (χ2n) is 8.35. The Balaban J connectivity index is 1.87. The summed E-state index contributed by atoms with van der Waals surface area (Å²) in [5, 5.41) is 17.2. The molecule has 0 amide bonds. The maximum atomic E-state index is 13.4. The zero-order valence-corrected chi connectivity index (χ0v) is 19.7. The maximum absolute atomic E-state index is 13.4. The highest BCUT2D eigenvalue weighted by Crippen LogP contribution is 2.32. The molecule has 4 aromatic rings. The van der Waals surface area contributed by atoms with Crippen LogP contribution in [0.3, 0.4) is 0 Å². The number of fused-ring (bicyclic) bond motifs is 1. The Kier molecular flexibility index (Phi) is 6.53. The standard InChI is InChI=1S/C27H26N6O2/c1-15-11-21(17(3)31-23-10-5-4-9-20(23)27(29)32-33-30)26-22(12-15)24(34)16(2)25(35-26)19-8-6-7-18(13-19)14-28/h4-13,17,31,33H,30H2,1-3H3,(H2,29,32). The van der Waals surface area contributed by atoms with Crippen molar-refractivity contribution in [2.75, 3.05) is 5.32 Å². The fraction of sp³-hybridized carbons (Fsp3) is 0.148. The predicted octanol–water partition coefficient (Wildman–Crippen LogP) is 4.21. The van der Waals surface area contributed by atoms with Crippen molar-refractivity contribution >= 4 is 22.5 Å². The number of nitrogens with two attached hydrogens (primary N) is 2. The average molecular weight is 467 g/mol. The fourth-order valence-electron chi connectivity index (χ4n) is 4.17. The third-order valence-corrected chi connectivity index (χ3v) is 5.87. The van der Waals surface area contributed by atoms with Crippen LogP contribution >= 0.6 is 0 Å². The van der Waals surface area contributed by atoms with E-state index in [4.69, 9.17) is 16.0 Å². The van der Waals surface area contributed by atoms with Gasteiger partial charge in [-0.2, -0.15) is 5.26 Å². The van der Waals surface area contributed by atoms with Crippen LogP contribution in [0.1, 0.15) is 40.8 Å². The van der Waals surface area contributed by atoms with Crippen molar-refractivity contribution in [3.8, 4) is 17.4 Å². The second-order valence-corrected chi connectivity index (χ2v) is 8.35. The molecule has 0 bridgehead atoms. The Hall–Kier alpha value is -4.61. The molecule has 176 valence electrons. The van der Waals surface area contributed by atoms with Gasteiger partial charge in [0.2, 0.25) is 0 Å². The van der Waals surface area contributed by atoms with Crippen LogP contribution in [0, 0.1) is 25.2 Å². The molecule has 4 rings (SSSR count). The molecule has 0 fully saturated rings. The number of aryl methyl sites for hydroxylation is 1. The molecule has 1 heterocycles. The van der Waals surface area contributed by atoms with Crippen molar-refractivity contribution in [1.29, 1.82) is 5.26 Å². The Morgan fingerprint density at radius 3 is 2.63 bits per heavy atom. The molecule has 0 aliphatic carbocycles. The molecule has 0 aliphatic rings. The number of para-hydroxylation sites is 1. The van der Waals surface area contributed by atoms with Gasteiger partial charge in [-0.25, -0.2) is 11.4 Å². The monoisotopic (exact) mass is 466 g/mol. The molecule has 3 aromatic carbocycles. The van der Waals surface area contributed by atoms with E-state index >= 15 is 0 Å². The number of anilines is 1. The normalized spacial score (nSPS) is 12.3. The van der Waals surface area contributed by atoms with Gasteiger partial charge in [0, 0.05) is 27.9 Å². The highest BCUT2D eigenvalue weighted by atomic mass is 16.3. The highest BCUT2D eigenvalue weighted by Gasteiger charge is 2.20. The minimum atomic E-state index is -0.249. The number of nitrogens with one attached hydrogen (secondary N) is 2. The number of amidine groups is 1. The first kappa shape index (κ1) is 23.5. The van der Waals surface area contributed by atoms with E-state index in [1.807, 2.05) is 56.3 Å². The minimum absolute atomic E-state index is 0.105. The molecule has 0 radical (unpaired) electrons. The molecule has 1 aromatic heterocycles. The van der Waals surface area contributed by atoms with E-state index in [1.165, 1.54) is 0 Å². The first-order valence-corrected chi connectivity index (χ1v) is 11.1. The predicted molar refractivity (Wildman–Crippen MR) is 139 cm³/mol. The SMILES string of the molecule is Cc1cc(C(C)Nc2ccccc2/C(N)=N/NN)c2oc(-c3cccc(C#N)c3)c(C)c(=O)c2c1. The summed E-state index contributed by atoms with van der Waals surface area (Å²) in [4.78, 5) is 13.4. The van der Waals surface area contributed by atoms with Crippen molar-refractivity contribution in [2.24, 2.45) is 16.7 Å². The van der Waals surface area contributed by atoms with Crippen LogP contribution in [-0.2, 0) is 0 Å². The Morgan fingerprint density at radius 1 is 1.11 bits per heavy atom. The van der Waals surface area contributed by atoms with E-state index in [2.05, 4.69) is 22.0 Å². The van der Waals surface area contributed by atoms with Gasteiger partial charge in [-0.3, -0.25) is 4.79 Å². The van der Waals surface area contributed by atoms with Crippen molar-refractivity contribution in [2.45, 2.75) is 26.8 Å². The quantitative estimate of drug-likeness (QED) is 0.144. The molecule has 0 saturated heterocycles. The smallest absolute Gasteiger partial charge is 0.196 e. The maximum Gasteiger partial charge on any atom is 0.196 e. The average Bonchev–Trinajstić information content (AvgIpc) is 2.86. The summed E-state index contributed by atoms with van der Waals surface area (Å²) in [6, 6.07) is 20.2. The number of hydrazone groups is 1. The zero-order chi connectivity index (χ0) is 25.1. The van der Waals surface area contributed by atoms with Gasteiger partial charge in [-0.1, -0.05) is 30.3 Å². The molecule has 0 aliphatic heterocycles. The Labute approximate surface area is 202 Å². The van der Waals surface area contributed by atoms with Gasteiger partial charge in [-0.05, 0) is 56.7 Å². The Bertz CT molecular complexity index is 1550. The van der Waals surface area contributed by atoms with Gasteiger partial charge in [0.25, 0.3) is 0 Å². The van der Waals surface area contributed by atoms with Crippen molar-refractivity contribution in [1.82, 2.24) is 5.53 Å². The molecule has 1 atom stereocenters. The molecule has 0 spiro atoms. The summed E-state index contributed by atoms with van der Waals surface area (Å²) in [5.74, 6) is 5.98. The number of hydrogen-bond donors (Lipinski definition) is 4. The largest absolute Gasteiger partial charge is 0.455 e. The van der Waals surface area contributed by atoms with Crippen molar-refractivity contribution in [3.63, 3.8) is 0 Å². The minimum Gasteiger partial charge on any atom is -0.455 e. The van der Waals surface area contributed by atoms with E-state index in [0.717, 1.165) is 16.8 Å². The molecule has 8 heteroatoms. The van der Waals surface area contributed by atoms with Crippen LogP contribution in [0.5, 0.6) is 0 Å². The summed E-state index contributed by atoms with van der Waals surface area (Å²) >= 11 is 0. The number of nitriles is 1. The van der Waals surface area contributed by atoms with Gasteiger partial charge in [0.05, 0.1) is 23.1 Å². The van der Waals surface area contributed by atoms with Crippen LogP contribution in [0.2, 0.25) is 0 Å². The summed E-state index contributed by atoms with van der Waals surface area (Å²) in [5.41, 5.74) is 13.5. The summed E-state index contributed by atoms with van der Waals surface area (Å²) in [6.45, 7) is 5.67. The van der Waals surface area contributed by atoms with E-state index in [1.54, 1.807) is 25.1 Å². The van der Waals surface area contributed by atoms with Gasteiger partial charge >= 0.3 is 0 Å². The molecule has 6 N–H and O–H groups in total. The van der Waals surface area contributed by atoms with E-state index in [-0.39, 0.29) is 17.3 Å². The first-order valence-electron chi connectivity index (χ1n) is 11.1. The molecule has 0 saturated carbocycles. The summed E-state index contributed by atoms with van der Waals surface area (Å²) < 4.78 is 6.40. The first-order chi connectivity index (χ1) is 16.8. The number of benzene rings is 3. The van der Waals surface area contributed by atoms with Crippen LogP contribution in [0.25, 0.3) is 22.3 Å². The topological polar surface area (TPSA) is 142 Å². The zero-order valence-electron chi connectivity index (χ0n) is 19.7. The summed E-state index contributed by atoms with van der Waals surface area (Å²) in [7, 11) is 0. The van der Waals surface area contributed by atoms with E-state index in [9.17, 15) is 10.1 Å². The lowest BCUT2D eigenvalue weighted by Gasteiger charge is -2.20. The van der Waals surface area contributed by atoms with Crippen molar-refractivity contribution in [3.05, 3.63) is 98.7 Å². The number of nitrogens with zero attached hydrogens (tertiary/aromatic N) is 2. The summed E-state index contributed by atoms with van der Waals surface area (Å²) in [6.07, 6.45) is 0. The molecule has 35 heavy (non-hydrogen) atoms. The van der Waals surface area contributed by atoms with Crippen LogP contribution in [-0.4, -0.2) is 5.84 Å². The molecular formula is C27H26N6O2. The van der Waals surface area contributed by atoms with Gasteiger partial charge < -0.3 is 15.5 Å². The van der Waals surface area contributed by atoms with Crippen LogP contribution in [0.15, 0.2) is 75.0 Å². The highest BCUT2D eigenvalue weighted by molar-refractivity contribution is 6.02. The third-order valence-electron chi connectivity index (χ3n) is 5.87. The Morgan fingerprint density at radius 2 is 1.89 bits per heavy atom. The lowest BCUT2D eigenvalue weighted by atomic mass is 9.98. The van der Waals surface area contributed by atoms with Crippen molar-refractivity contribution < 1.29 is 4.42 Å². The van der Waals surface area contributed by atoms with E-state index in [0.29, 0.717) is 39.0 Å². The lowest BCUT2D eigenvalue weighted by molar-refractivity contribution is 0.605. The van der Waals surface area contributed by atoms with Crippen LogP contribution in [0.4, 0.5) is 5.69 Å². The lowest BCUT2D eigenvalue weighted by Crippen LogP contribution is -2.24. The molecule has 8 nitrogen and oxygen atoms in total. The van der Waals surface area contributed by atoms with Gasteiger partial charge in [0.15, 0.2) is 11.3 Å². The third kappa shape index (κ3) is 4.58. The number of hydrazine groups is 1. The van der Waals surface area contributed by atoms with Gasteiger partial charge in [-0.15, -0.1) is 5.10 Å².